The van der Waals surface area contributed by atoms with E-state index in [0.717, 1.165) is 31.1 Å². The lowest BCUT2D eigenvalue weighted by Gasteiger charge is -2.04. The molecular formula is C20H27NO. The monoisotopic (exact) mass is 297 g/mol. The molecule has 118 valence electrons. The number of aldehydes is 1. The van der Waals surface area contributed by atoms with Crippen LogP contribution in [0.15, 0.2) is 36.4 Å². The molecule has 1 heterocycles. The van der Waals surface area contributed by atoms with E-state index in [4.69, 9.17) is 4.98 Å². The van der Waals surface area contributed by atoms with Gasteiger partial charge in [-0.1, -0.05) is 62.8 Å². The fourth-order valence-corrected chi connectivity index (χ4v) is 2.84. The molecule has 0 aliphatic heterocycles. The third-order valence-corrected chi connectivity index (χ3v) is 4.16. The second kappa shape index (κ2) is 10.1. The van der Waals surface area contributed by atoms with Crippen LogP contribution in [0.5, 0.6) is 0 Å². The van der Waals surface area contributed by atoms with E-state index in [2.05, 4.69) is 30.3 Å². The second-order valence-electron chi connectivity index (χ2n) is 6.03. The molecule has 0 radical (unpaired) electrons. The standard InChI is InChI=1S/C20H27NO/c22-17-11-7-5-3-1-2-4-6-8-13-19-16-15-18-12-9-10-14-20(18)21-19/h9-10,12,14-17H,1-8,11,13H2. The number of unbranched alkanes of at least 4 members (excludes halogenated alkanes) is 8. The Bertz CT molecular complexity index is 564. The third-order valence-electron chi connectivity index (χ3n) is 4.16. The summed E-state index contributed by atoms with van der Waals surface area (Å²) in [6, 6.07) is 12.6. The smallest absolute Gasteiger partial charge is 0.119 e. The van der Waals surface area contributed by atoms with Crippen LogP contribution in [0.2, 0.25) is 0 Å². The zero-order valence-corrected chi connectivity index (χ0v) is 13.5. The van der Waals surface area contributed by atoms with Gasteiger partial charge < -0.3 is 4.79 Å². The zero-order chi connectivity index (χ0) is 15.5. The average molecular weight is 297 g/mol. The maximum absolute atomic E-state index is 10.2. The number of rotatable bonds is 11. The predicted octanol–water partition coefficient (Wildman–Crippen LogP) is 5.49. The molecule has 0 unspecified atom stereocenters. The van der Waals surface area contributed by atoms with Crippen molar-refractivity contribution < 1.29 is 4.79 Å². The molecule has 1 aromatic heterocycles. The van der Waals surface area contributed by atoms with E-state index in [1.54, 1.807) is 0 Å². The predicted molar refractivity (Wildman–Crippen MR) is 93.1 cm³/mol. The number of benzene rings is 1. The summed E-state index contributed by atoms with van der Waals surface area (Å²) in [5.74, 6) is 0. The van der Waals surface area contributed by atoms with Crippen LogP contribution >= 0.6 is 0 Å². The molecule has 0 saturated heterocycles. The summed E-state index contributed by atoms with van der Waals surface area (Å²) < 4.78 is 0. The van der Waals surface area contributed by atoms with Gasteiger partial charge in [-0.2, -0.15) is 0 Å². The fraction of sp³-hybridized carbons (Fsp3) is 0.500. The fourth-order valence-electron chi connectivity index (χ4n) is 2.84. The Kier molecular flexibility index (Phi) is 7.65. The Morgan fingerprint density at radius 3 is 2.23 bits per heavy atom. The van der Waals surface area contributed by atoms with Crippen LogP contribution in [-0.2, 0) is 11.2 Å². The number of hydrogen-bond acceptors (Lipinski definition) is 2. The molecule has 0 aliphatic carbocycles. The molecule has 0 fully saturated rings. The van der Waals surface area contributed by atoms with Crippen molar-refractivity contribution in [2.24, 2.45) is 0 Å². The highest BCUT2D eigenvalue weighted by molar-refractivity contribution is 5.78. The van der Waals surface area contributed by atoms with Gasteiger partial charge in [0.1, 0.15) is 6.29 Å². The van der Waals surface area contributed by atoms with Crippen molar-refractivity contribution in [2.75, 3.05) is 0 Å². The number of carbonyl (C=O) groups excluding carboxylic acids is 1. The first-order valence-corrected chi connectivity index (χ1v) is 8.68. The minimum atomic E-state index is 0.735. The summed E-state index contributed by atoms with van der Waals surface area (Å²) >= 11 is 0. The first-order chi connectivity index (χ1) is 10.9. The van der Waals surface area contributed by atoms with E-state index in [-0.39, 0.29) is 0 Å². The van der Waals surface area contributed by atoms with Crippen LogP contribution in [0, 0.1) is 0 Å². The largest absolute Gasteiger partial charge is 0.303 e. The quantitative estimate of drug-likeness (QED) is 0.405. The molecule has 22 heavy (non-hydrogen) atoms. The van der Waals surface area contributed by atoms with Crippen LogP contribution in [0.3, 0.4) is 0 Å². The number of aryl methyl sites for hydroxylation is 1. The highest BCUT2D eigenvalue weighted by Gasteiger charge is 1.98. The van der Waals surface area contributed by atoms with Crippen LogP contribution in [0.4, 0.5) is 0 Å². The Morgan fingerprint density at radius 1 is 0.773 bits per heavy atom. The zero-order valence-electron chi connectivity index (χ0n) is 13.5. The lowest BCUT2D eigenvalue weighted by atomic mass is 10.1. The van der Waals surface area contributed by atoms with Crippen LogP contribution in [-0.4, -0.2) is 11.3 Å². The average Bonchev–Trinajstić information content (AvgIpc) is 2.56. The summed E-state index contributed by atoms with van der Waals surface area (Å²) in [4.78, 5) is 14.9. The molecule has 0 saturated carbocycles. The number of nitrogens with zero attached hydrogens (tertiary/aromatic N) is 1. The highest BCUT2D eigenvalue weighted by atomic mass is 16.1. The minimum absolute atomic E-state index is 0.735. The van der Waals surface area contributed by atoms with Gasteiger partial charge >= 0.3 is 0 Å². The number of hydrogen-bond donors (Lipinski definition) is 0. The van der Waals surface area contributed by atoms with Gasteiger partial charge in [-0.25, -0.2) is 0 Å². The van der Waals surface area contributed by atoms with Crippen molar-refractivity contribution in [2.45, 2.75) is 64.2 Å². The van der Waals surface area contributed by atoms with E-state index >= 15 is 0 Å². The lowest BCUT2D eigenvalue weighted by molar-refractivity contribution is -0.107. The van der Waals surface area contributed by atoms with Crippen molar-refractivity contribution >= 4 is 17.2 Å². The molecule has 0 N–H and O–H groups in total. The molecule has 2 heteroatoms. The van der Waals surface area contributed by atoms with E-state index in [9.17, 15) is 4.79 Å². The van der Waals surface area contributed by atoms with E-state index in [1.165, 1.54) is 56.0 Å². The number of fused-ring (bicyclic) bond motifs is 1. The van der Waals surface area contributed by atoms with Gasteiger partial charge in [-0.15, -0.1) is 0 Å². The van der Waals surface area contributed by atoms with Gasteiger partial charge in [-0.3, -0.25) is 4.98 Å². The molecule has 0 bridgehead atoms. The van der Waals surface area contributed by atoms with Crippen molar-refractivity contribution in [3.05, 3.63) is 42.1 Å². The maximum Gasteiger partial charge on any atom is 0.119 e. The molecular weight excluding hydrogens is 270 g/mol. The van der Waals surface area contributed by atoms with Gasteiger partial charge in [-0.05, 0) is 31.4 Å². The van der Waals surface area contributed by atoms with Crippen molar-refractivity contribution in [1.29, 1.82) is 0 Å². The maximum atomic E-state index is 10.2. The second-order valence-corrected chi connectivity index (χ2v) is 6.03. The first kappa shape index (κ1) is 16.7. The number of pyridine rings is 1. The Labute approximate surface area is 134 Å². The van der Waals surface area contributed by atoms with Crippen molar-refractivity contribution in [1.82, 2.24) is 4.98 Å². The van der Waals surface area contributed by atoms with Crippen molar-refractivity contribution in [3.8, 4) is 0 Å². The molecule has 0 spiro atoms. The van der Waals surface area contributed by atoms with Crippen LogP contribution in [0.1, 0.15) is 63.5 Å². The van der Waals surface area contributed by atoms with E-state index in [1.807, 2.05) is 6.07 Å². The lowest BCUT2D eigenvalue weighted by Crippen LogP contribution is -1.91. The van der Waals surface area contributed by atoms with Gasteiger partial charge in [0.2, 0.25) is 0 Å². The molecule has 2 rings (SSSR count). The Morgan fingerprint density at radius 2 is 1.45 bits per heavy atom. The van der Waals surface area contributed by atoms with Crippen molar-refractivity contribution in [3.63, 3.8) is 0 Å². The summed E-state index contributed by atoms with van der Waals surface area (Å²) in [7, 11) is 0. The third kappa shape index (κ3) is 5.97. The SMILES string of the molecule is O=CCCCCCCCCCCc1ccc2ccccc2n1. The molecule has 1 aromatic carbocycles. The Balaban J connectivity index is 1.55. The normalized spacial score (nSPS) is 10.9. The molecule has 2 nitrogen and oxygen atoms in total. The molecule has 0 amide bonds. The van der Waals surface area contributed by atoms with Gasteiger partial charge in [0, 0.05) is 17.5 Å². The molecule has 2 aromatic rings. The summed E-state index contributed by atoms with van der Waals surface area (Å²) in [6.45, 7) is 0. The van der Waals surface area contributed by atoms with Crippen LogP contribution in [0.25, 0.3) is 10.9 Å². The number of para-hydroxylation sites is 1. The van der Waals surface area contributed by atoms with Crippen LogP contribution < -0.4 is 0 Å². The van der Waals surface area contributed by atoms with E-state index in [0.29, 0.717) is 0 Å². The minimum Gasteiger partial charge on any atom is -0.303 e. The van der Waals surface area contributed by atoms with E-state index < -0.39 is 0 Å². The van der Waals surface area contributed by atoms with Gasteiger partial charge in [0.25, 0.3) is 0 Å². The number of aromatic nitrogens is 1. The summed E-state index contributed by atoms with van der Waals surface area (Å²) in [5.41, 5.74) is 2.32. The highest BCUT2D eigenvalue weighted by Crippen LogP contribution is 2.14. The summed E-state index contributed by atoms with van der Waals surface area (Å²) in [5, 5.41) is 1.22. The number of carbonyl (C=O) groups is 1. The molecule has 0 atom stereocenters. The van der Waals surface area contributed by atoms with Gasteiger partial charge in [0.15, 0.2) is 0 Å². The topological polar surface area (TPSA) is 30.0 Å². The summed E-state index contributed by atoms with van der Waals surface area (Å²) in [6.07, 6.45) is 12.9. The molecule has 0 aliphatic rings. The van der Waals surface area contributed by atoms with Gasteiger partial charge in [0.05, 0.1) is 5.52 Å². The Hall–Kier alpha value is -1.70. The first-order valence-electron chi connectivity index (χ1n) is 8.68.